The van der Waals surface area contributed by atoms with Crippen LogP contribution in [0.15, 0.2) is 29.4 Å². The molecule has 0 saturated carbocycles. The van der Waals surface area contributed by atoms with Crippen molar-refractivity contribution in [3.8, 4) is 0 Å². The van der Waals surface area contributed by atoms with Crippen LogP contribution in [-0.4, -0.2) is 0 Å². The summed E-state index contributed by atoms with van der Waals surface area (Å²) in [5.74, 6) is 0. The summed E-state index contributed by atoms with van der Waals surface area (Å²) in [6, 6.07) is 0. The maximum absolute atomic E-state index is 5.58. The Morgan fingerprint density at radius 3 is 2.75 bits per heavy atom. The molecule has 0 aromatic carbocycles. The Kier molecular flexibility index (Phi) is 1.34. The fraction of sp³-hybridized carbons (Fsp3) is 0.250. The van der Waals surface area contributed by atoms with Crippen molar-refractivity contribution in [3.63, 3.8) is 0 Å². The molecule has 0 heterocycles. The van der Waals surface area contributed by atoms with E-state index in [4.69, 9.17) is 6.58 Å². The second-order valence-electron chi connectivity index (χ2n) is 2.01. The zero-order valence-corrected chi connectivity index (χ0v) is 5.02. The van der Waals surface area contributed by atoms with Crippen LogP contribution in [0, 0.1) is 6.58 Å². The van der Waals surface area contributed by atoms with E-state index >= 15 is 0 Å². The summed E-state index contributed by atoms with van der Waals surface area (Å²) in [5.41, 5.74) is 2.19. The summed E-state index contributed by atoms with van der Waals surface area (Å²) in [5, 5.41) is 0. The van der Waals surface area contributed by atoms with Gasteiger partial charge in [0.25, 0.3) is 0 Å². The van der Waals surface area contributed by atoms with Crippen LogP contribution in [0.2, 0.25) is 0 Å². The van der Waals surface area contributed by atoms with Crippen LogP contribution < -0.4 is 0 Å². The minimum atomic E-state index is 0.919. The average molecular weight is 105 g/mol. The van der Waals surface area contributed by atoms with Crippen molar-refractivity contribution >= 4 is 0 Å². The van der Waals surface area contributed by atoms with Crippen LogP contribution in [0.4, 0.5) is 0 Å². The van der Waals surface area contributed by atoms with Gasteiger partial charge in [0.15, 0.2) is 0 Å². The molecule has 0 fully saturated rings. The summed E-state index contributed by atoms with van der Waals surface area (Å²) in [4.78, 5) is 0. The second-order valence-corrected chi connectivity index (χ2v) is 2.01. The van der Waals surface area contributed by atoms with E-state index in [1.165, 1.54) is 5.57 Å². The Hall–Kier alpha value is -0.780. The monoisotopic (exact) mass is 105 g/mol. The van der Waals surface area contributed by atoms with E-state index in [1.54, 1.807) is 0 Å². The molecule has 0 nitrogen and oxygen atoms in total. The van der Waals surface area contributed by atoms with Gasteiger partial charge in [0.05, 0.1) is 0 Å². The molecule has 1 aliphatic rings. The van der Waals surface area contributed by atoms with Gasteiger partial charge in [-0.25, -0.2) is 0 Å². The van der Waals surface area contributed by atoms with Crippen LogP contribution in [0.5, 0.6) is 0 Å². The van der Waals surface area contributed by atoms with Gasteiger partial charge in [0.1, 0.15) is 0 Å². The quantitative estimate of drug-likeness (QED) is 0.443. The molecule has 0 aromatic heterocycles. The predicted octanol–water partition coefficient (Wildman–Crippen LogP) is 2.25. The molecule has 0 heteroatoms. The first kappa shape index (κ1) is 5.36. The first-order chi connectivity index (χ1) is 3.80. The van der Waals surface area contributed by atoms with E-state index in [-0.39, 0.29) is 0 Å². The minimum Gasteiger partial charge on any atom is -0.0801 e. The minimum absolute atomic E-state index is 0.919. The third kappa shape index (κ3) is 0.890. The lowest BCUT2D eigenvalue weighted by Crippen LogP contribution is -1.84. The Morgan fingerprint density at radius 1 is 1.62 bits per heavy atom. The Bertz CT molecular complexity index is 159. The standard InChI is InChI=1S/C8H9/c1-7-5-3-4-6-8(7)2/h1,3-4,6H,5H2,2H3. The highest BCUT2D eigenvalue weighted by atomic mass is 14.0. The lowest BCUT2D eigenvalue weighted by Gasteiger charge is -2.04. The molecule has 1 rings (SSSR count). The first-order valence-electron chi connectivity index (χ1n) is 2.76. The Labute approximate surface area is 50.2 Å². The second kappa shape index (κ2) is 1.99. The molecule has 0 spiro atoms. The maximum Gasteiger partial charge on any atom is -0.00917 e. The topological polar surface area (TPSA) is 0 Å². The molecule has 8 heavy (non-hydrogen) atoms. The summed E-state index contributed by atoms with van der Waals surface area (Å²) < 4.78 is 0. The Balaban J connectivity index is 2.80. The molecule has 0 aliphatic heterocycles. The number of allylic oxidation sites excluding steroid dienone is 5. The fourth-order valence-electron chi connectivity index (χ4n) is 0.675. The molecular formula is C8H9. The SMILES string of the molecule is [CH]=C1CC=CC=C1C. The van der Waals surface area contributed by atoms with Crippen LogP contribution in [-0.2, 0) is 0 Å². The summed E-state index contributed by atoms with van der Waals surface area (Å²) in [7, 11) is 0. The van der Waals surface area contributed by atoms with Crippen LogP contribution in [0.3, 0.4) is 0 Å². The molecular weight excluding hydrogens is 96.1 g/mol. The van der Waals surface area contributed by atoms with Crippen molar-refractivity contribution in [1.29, 1.82) is 0 Å². The molecule has 41 valence electrons. The van der Waals surface area contributed by atoms with Crippen LogP contribution in [0.25, 0.3) is 0 Å². The van der Waals surface area contributed by atoms with Gasteiger partial charge >= 0.3 is 0 Å². The maximum atomic E-state index is 5.58. The third-order valence-electron chi connectivity index (χ3n) is 1.33. The van der Waals surface area contributed by atoms with Crippen molar-refractivity contribution in [1.82, 2.24) is 0 Å². The van der Waals surface area contributed by atoms with Gasteiger partial charge in [-0.3, -0.25) is 0 Å². The van der Waals surface area contributed by atoms with Crippen LogP contribution >= 0.6 is 0 Å². The van der Waals surface area contributed by atoms with E-state index < -0.39 is 0 Å². The highest BCUT2D eigenvalue weighted by Gasteiger charge is 1.95. The molecule has 0 bridgehead atoms. The first-order valence-corrected chi connectivity index (χ1v) is 2.76. The molecule has 1 radical (unpaired) electrons. The van der Waals surface area contributed by atoms with E-state index in [0.29, 0.717) is 0 Å². The normalized spacial score (nSPS) is 18.6. The molecule has 0 aromatic rings. The summed E-state index contributed by atoms with van der Waals surface area (Å²) in [6.07, 6.45) is 7.04. The van der Waals surface area contributed by atoms with Gasteiger partial charge in [-0.2, -0.15) is 0 Å². The third-order valence-corrected chi connectivity index (χ3v) is 1.33. The van der Waals surface area contributed by atoms with E-state index in [1.807, 2.05) is 19.1 Å². The lowest BCUT2D eigenvalue weighted by atomic mass is 10.0. The molecule has 0 amide bonds. The molecule has 0 unspecified atom stereocenters. The van der Waals surface area contributed by atoms with Gasteiger partial charge in [0.2, 0.25) is 0 Å². The van der Waals surface area contributed by atoms with Gasteiger partial charge < -0.3 is 0 Å². The number of hydrogen-bond acceptors (Lipinski definition) is 0. The molecule has 0 saturated heterocycles. The molecule has 0 N–H and O–H groups in total. The summed E-state index contributed by atoms with van der Waals surface area (Å²) >= 11 is 0. The zero-order chi connectivity index (χ0) is 5.98. The highest BCUT2D eigenvalue weighted by Crippen LogP contribution is 2.15. The van der Waals surface area contributed by atoms with Crippen molar-refractivity contribution in [2.75, 3.05) is 0 Å². The summed E-state index contributed by atoms with van der Waals surface area (Å²) in [6.45, 7) is 7.60. The molecule has 0 atom stereocenters. The van der Waals surface area contributed by atoms with Crippen molar-refractivity contribution in [2.45, 2.75) is 13.3 Å². The van der Waals surface area contributed by atoms with Crippen molar-refractivity contribution in [3.05, 3.63) is 36.0 Å². The smallest absolute Gasteiger partial charge is 0.00917 e. The van der Waals surface area contributed by atoms with E-state index in [2.05, 4.69) is 6.08 Å². The zero-order valence-electron chi connectivity index (χ0n) is 5.02. The predicted molar refractivity (Wildman–Crippen MR) is 35.3 cm³/mol. The van der Waals surface area contributed by atoms with E-state index in [9.17, 15) is 0 Å². The molecule has 1 aliphatic carbocycles. The lowest BCUT2D eigenvalue weighted by molar-refractivity contribution is 1.19. The van der Waals surface area contributed by atoms with E-state index in [0.717, 1.165) is 12.0 Å². The van der Waals surface area contributed by atoms with Gasteiger partial charge in [-0.15, -0.1) is 0 Å². The van der Waals surface area contributed by atoms with Crippen LogP contribution in [0.1, 0.15) is 13.3 Å². The number of rotatable bonds is 0. The van der Waals surface area contributed by atoms with Gasteiger partial charge in [0, 0.05) is 0 Å². The van der Waals surface area contributed by atoms with Gasteiger partial charge in [-0.05, 0) is 24.5 Å². The van der Waals surface area contributed by atoms with Crippen molar-refractivity contribution < 1.29 is 0 Å². The van der Waals surface area contributed by atoms with Crippen molar-refractivity contribution in [2.24, 2.45) is 0 Å². The van der Waals surface area contributed by atoms with Gasteiger partial charge in [-0.1, -0.05) is 24.8 Å². The fourth-order valence-corrected chi connectivity index (χ4v) is 0.675. The number of hydrogen-bond donors (Lipinski definition) is 0. The Morgan fingerprint density at radius 2 is 2.38 bits per heavy atom. The highest BCUT2D eigenvalue weighted by molar-refractivity contribution is 5.34. The average Bonchev–Trinajstić information content (AvgIpc) is 1.77. The largest absolute Gasteiger partial charge is 0.0801 e.